The van der Waals surface area contributed by atoms with E-state index >= 15 is 0 Å². The standard InChI is InChI=1S/C6H9O4P/c1-2-3-4-5-6-10-11(7,8)9/h3-6H2,(H-,7,8,9)/p+1. The molecule has 0 amide bonds. The summed E-state index contributed by atoms with van der Waals surface area (Å²) in [5, 5.41) is 0. The molecule has 0 bridgehead atoms. The van der Waals surface area contributed by atoms with Gasteiger partial charge < -0.3 is 0 Å². The first-order valence-electron chi connectivity index (χ1n) is 3.16. The fourth-order valence-corrected chi connectivity index (χ4v) is 0.866. The molecule has 0 aromatic heterocycles. The Morgan fingerprint density at radius 1 is 1.45 bits per heavy atom. The Labute approximate surface area is 65.8 Å². The normalized spacial score (nSPS) is 11.3. The molecule has 4 nitrogen and oxygen atoms in total. The van der Waals surface area contributed by atoms with Crippen molar-refractivity contribution in [2.75, 3.05) is 6.61 Å². The van der Waals surface area contributed by atoms with Gasteiger partial charge in [0.2, 0.25) is 0 Å². The Hall–Kier alpha value is -0.110. The zero-order chi connectivity index (χ0) is 8.74. The molecule has 0 aliphatic carbocycles. The van der Waals surface area contributed by atoms with E-state index in [1.165, 1.54) is 0 Å². The zero-order valence-electron chi connectivity index (χ0n) is 5.99. The van der Waals surface area contributed by atoms with Crippen molar-refractivity contribution in [1.82, 2.24) is 0 Å². The summed E-state index contributed by atoms with van der Waals surface area (Å²) in [7, 11) is -4.28. The predicted molar refractivity (Wildman–Crippen MR) is 39.0 cm³/mol. The summed E-state index contributed by atoms with van der Waals surface area (Å²) in [5.41, 5.74) is 0. The Kier molecular flexibility index (Phi) is 5.47. The first-order valence-corrected chi connectivity index (χ1v) is 4.69. The van der Waals surface area contributed by atoms with Gasteiger partial charge in [0.05, 0.1) is 0 Å². The van der Waals surface area contributed by atoms with Crippen LogP contribution in [0.4, 0.5) is 0 Å². The van der Waals surface area contributed by atoms with E-state index in [1.807, 2.05) is 0 Å². The molecule has 0 rings (SSSR count). The summed E-state index contributed by atoms with van der Waals surface area (Å²) in [6.07, 6.45) is 8.23. The van der Waals surface area contributed by atoms with Gasteiger partial charge in [-0.15, -0.1) is 0 Å². The molecule has 0 aromatic carbocycles. The molecule has 0 spiro atoms. The quantitative estimate of drug-likeness (QED) is 0.283. The van der Waals surface area contributed by atoms with Gasteiger partial charge >= 0.3 is 64.9 Å². The third-order valence-corrected chi connectivity index (χ3v) is 1.47. The van der Waals surface area contributed by atoms with E-state index in [4.69, 9.17) is 16.2 Å². The second-order valence-corrected chi connectivity index (χ2v) is 3.20. The summed E-state index contributed by atoms with van der Waals surface area (Å²) in [5.74, 6) is 2.17. The van der Waals surface area contributed by atoms with Crippen LogP contribution < -0.4 is 0 Å². The van der Waals surface area contributed by atoms with Crippen LogP contribution in [-0.4, -0.2) is 16.4 Å². The number of hydrogen-bond donors (Lipinski definition) is 2. The second kappa shape index (κ2) is 5.53. The van der Waals surface area contributed by atoms with Crippen LogP contribution in [0.1, 0.15) is 19.3 Å². The molecular weight excluding hydrogens is 167 g/mol. The molecule has 5 heteroatoms. The Morgan fingerprint density at radius 2 is 2.09 bits per heavy atom. The van der Waals surface area contributed by atoms with Crippen LogP contribution in [-0.2, 0) is 9.09 Å². The first-order chi connectivity index (χ1) is 5.06. The Morgan fingerprint density at radius 3 is 2.55 bits per heavy atom. The zero-order valence-corrected chi connectivity index (χ0v) is 6.88. The average molecular weight is 177 g/mol. The van der Waals surface area contributed by atoms with E-state index in [0.717, 1.165) is 0 Å². The summed E-state index contributed by atoms with van der Waals surface area (Å²) >= 11 is 0. The van der Waals surface area contributed by atoms with Crippen molar-refractivity contribution in [2.45, 2.75) is 19.3 Å². The SMILES string of the molecule is [C+]#CCCCCOP(=O)(O)O. The Balaban J connectivity index is 3.17. The minimum atomic E-state index is -4.28. The summed E-state index contributed by atoms with van der Waals surface area (Å²) in [6, 6.07) is 0. The van der Waals surface area contributed by atoms with Crippen LogP contribution in [0.25, 0.3) is 0 Å². The van der Waals surface area contributed by atoms with E-state index in [1.54, 1.807) is 0 Å². The number of unbranched alkanes of at least 4 members (excludes halogenated alkanes) is 2. The van der Waals surface area contributed by atoms with Gasteiger partial charge in [0, 0.05) is 0 Å². The number of rotatable bonds is 5. The van der Waals surface area contributed by atoms with Gasteiger partial charge in [-0.05, 0) is 0 Å². The number of phosphoric acid groups is 1. The monoisotopic (exact) mass is 177 g/mol. The second-order valence-electron chi connectivity index (χ2n) is 1.96. The van der Waals surface area contributed by atoms with Crippen molar-refractivity contribution >= 4 is 7.82 Å². The molecule has 62 valence electrons. The van der Waals surface area contributed by atoms with Gasteiger partial charge in [0.25, 0.3) is 0 Å². The summed E-state index contributed by atoms with van der Waals surface area (Å²) < 4.78 is 14.2. The molecule has 0 aromatic rings. The first kappa shape index (κ1) is 10.9. The van der Waals surface area contributed by atoms with E-state index in [9.17, 15) is 4.57 Å². The van der Waals surface area contributed by atoms with Crippen LogP contribution in [0.3, 0.4) is 0 Å². The van der Waals surface area contributed by atoms with Gasteiger partial charge in [-0.3, -0.25) is 0 Å². The van der Waals surface area contributed by atoms with Crippen molar-refractivity contribution in [3.8, 4) is 5.92 Å². The van der Waals surface area contributed by atoms with E-state index in [0.29, 0.717) is 19.3 Å². The van der Waals surface area contributed by atoms with E-state index in [2.05, 4.69) is 10.4 Å². The fraction of sp³-hybridized carbons (Fsp3) is 0.667. The predicted octanol–water partition coefficient (Wildman–Crippen LogP) is 0.856. The van der Waals surface area contributed by atoms with Crippen molar-refractivity contribution in [3.05, 3.63) is 6.42 Å². The number of hydrogen-bond acceptors (Lipinski definition) is 2. The molecule has 0 fully saturated rings. The fourth-order valence-electron chi connectivity index (χ4n) is 0.499. The molecule has 11 heavy (non-hydrogen) atoms. The average Bonchev–Trinajstić information content (AvgIpc) is 1.85. The molecule has 2 N–H and O–H groups in total. The molecular formula is C6H10O4P+. The van der Waals surface area contributed by atoms with Gasteiger partial charge in [0.15, 0.2) is 0 Å². The van der Waals surface area contributed by atoms with Gasteiger partial charge in [-0.2, -0.15) is 0 Å². The van der Waals surface area contributed by atoms with Gasteiger partial charge in [-0.25, -0.2) is 0 Å². The molecule has 0 unspecified atom stereocenters. The number of phosphoric ester groups is 1. The van der Waals surface area contributed by atoms with Crippen molar-refractivity contribution in [3.63, 3.8) is 0 Å². The minimum absolute atomic E-state index is 0.0337. The molecule has 0 aliphatic rings. The van der Waals surface area contributed by atoms with Gasteiger partial charge in [-0.1, -0.05) is 0 Å². The van der Waals surface area contributed by atoms with Crippen molar-refractivity contribution in [1.29, 1.82) is 0 Å². The van der Waals surface area contributed by atoms with Crippen LogP contribution in [0.5, 0.6) is 0 Å². The molecule has 0 radical (unpaired) electrons. The molecule has 0 atom stereocenters. The van der Waals surface area contributed by atoms with Crippen molar-refractivity contribution in [2.24, 2.45) is 0 Å². The van der Waals surface area contributed by atoms with E-state index < -0.39 is 7.82 Å². The topological polar surface area (TPSA) is 66.8 Å². The molecule has 0 saturated heterocycles. The van der Waals surface area contributed by atoms with Crippen LogP contribution in [0.15, 0.2) is 0 Å². The Bertz CT molecular complexity index is 178. The van der Waals surface area contributed by atoms with Gasteiger partial charge in [0.1, 0.15) is 0 Å². The maximum atomic E-state index is 10.1. The summed E-state index contributed by atoms with van der Waals surface area (Å²) in [6.45, 7) is 0.0337. The molecule has 0 aliphatic heterocycles. The van der Waals surface area contributed by atoms with Crippen LogP contribution >= 0.6 is 7.82 Å². The maximum absolute atomic E-state index is 10.1. The van der Waals surface area contributed by atoms with E-state index in [-0.39, 0.29) is 6.61 Å². The van der Waals surface area contributed by atoms with Crippen molar-refractivity contribution < 1.29 is 18.9 Å². The van der Waals surface area contributed by atoms with Crippen LogP contribution in [0, 0.1) is 12.3 Å². The third-order valence-electron chi connectivity index (χ3n) is 0.956. The molecule has 0 heterocycles. The molecule has 0 saturated carbocycles. The summed E-state index contributed by atoms with van der Waals surface area (Å²) in [4.78, 5) is 16.4. The third kappa shape index (κ3) is 9.89. The van der Waals surface area contributed by atoms with Crippen LogP contribution in [0.2, 0.25) is 0 Å².